The summed E-state index contributed by atoms with van der Waals surface area (Å²) in [6.45, 7) is 11.8. The molecular weight excluding hydrogens is 634 g/mol. The molecule has 10 heteroatoms. The second-order valence-electron chi connectivity index (χ2n) is 14.4. The Balaban J connectivity index is 1.36. The van der Waals surface area contributed by atoms with Crippen LogP contribution in [0.15, 0.2) is 36.4 Å². The summed E-state index contributed by atoms with van der Waals surface area (Å²) in [7, 11) is -3.87. The van der Waals surface area contributed by atoms with Crippen molar-refractivity contribution in [3.63, 3.8) is 0 Å². The maximum absolute atomic E-state index is 13.5. The molecule has 6 rings (SSSR count). The van der Waals surface area contributed by atoms with Crippen LogP contribution >= 0.6 is 11.6 Å². The topological polar surface area (TPSA) is 88.2 Å². The molecule has 2 fully saturated rings. The van der Waals surface area contributed by atoms with Gasteiger partial charge in [-0.05, 0) is 124 Å². The lowest BCUT2D eigenvalue weighted by Gasteiger charge is -2.49. The highest BCUT2D eigenvalue weighted by Crippen LogP contribution is 2.46. The van der Waals surface area contributed by atoms with Crippen LogP contribution in [0.5, 0.6) is 5.75 Å². The molecule has 2 aromatic rings. The molecule has 6 atom stereocenters. The zero-order valence-electron chi connectivity index (χ0n) is 28.3. The van der Waals surface area contributed by atoms with Gasteiger partial charge in [-0.15, -0.1) is 0 Å². The van der Waals surface area contributed by atoms with Gasteiger partial charge in [0.05, 0.1) is 24.2 Å². The van der Waals surface area contributed by atoms with Crippen LogP contribution in [0.2, 0.25) is 5.02 Å². The number of carbonyl (C=O) groups excluding carboxylic acids is 1. The van der Waals surface area contributed by atoms with Crippen molar-refractivity contribution in [3.05, 3.63) is 58.1 Å². The van der Waals surface area contributed by atoms with Gasteiger partial charge in [-0.2, -0.15) is 0 Å². The van der Waals surface area contributed by atoms with Crippen LogP contribution in [-0.2, 0) is 27.8 Å². The van der Waals surface area contributed by atoms with E-state index in [-0.39, 0.29) is 5.92 Å². The molecule has 2 bridgehead atoms. The number of ether oxygens (including phenoxy) is 2. The number of aryl methyl sites for hydroxylation is 1. The van der Waals surface area contributed by atoms with Gasteiger partial charge in [-0.1, -0.05) is 31.0 Å². The van der Waals surface area contributed by atoms with E-state index in [1.165, 1.54) is 18.4 Å². The summed E-state index contributed by atoms with van der Waals surface area (Å²) in [5.41, 5.74) is 3.52. The van der Waals surface area contributed by atoms with Crippen molar-refractivity contribution >= 4 is 33.2 Å². The number of benzene rings is 2. The molecule has 1 saturated heterocycles. The summed E-state index contributed by atoms with van der Waals surface area (Å²) >= 11 is 6.38. The zero-order chi connectivity index (χ0) is 33.1. The fourth-order valence-electron chi connectivity index (χ4n) is 8.31. The first kappa shape index (κ1) is 34.5. The molecule has 8 nitrogen and oxygen atoms in total. The van der Waals surface area contributed by atoms with E-state index in [9.17, 15) is 13.2 Å². The number of nitrogens with zero attached hydrogens (tertiary/aromatic N) is 2. The van der Waals surface area contributed by atoms with E-state index in [1.807, 2.05) is 37.3 Å². The molecular formula is C37H52ClN3O5S. The minimum Gasteiger partial charge on any atom is -0.487 e. The lowest BCUT2D eigenvalue weighted by atomic mass is 9.63. The highest BCUT2D eigenvalue weighted by atomic mass is 35.5. The number of nitrogens with one attached hydrogen (secondary N) is 1. The molecule has 1 aliphatic carbocycles. The van der Waals surface area contributed by atoms with Crippen LogP contribution in [0.4, 0.5) is 5.69 Å². The normalized spacial score (nSPS) is 29.9. The number of amides is 1. The molecule has 1 amide bonds. The Kier molecular flexibility index (Phi) is 11.1. The Labute approximate surface area is 286 Å². The van der Waals surface area contributed by atoms with Crippen molar-refractivity contribution in [2.75, 3.05) is 44.3 Å². The Bertz CT molecular complexity index is 1510. The summed E-state index contributed by atoms with van der Waals surface area (Å²) in [4.78, 5) is 18.5. The average molecular weight is 686 g/mol. The number of hydrogen-bond acceptors (Lipinski definition) is 7. The molecule has 0 unspecified atom stereocenters. The summed E-state index contributed by atoms with van der Waals surface area (Å²) in [5, 5.41) is 0.0514. The third-order valence-corrected chi connectivity index (χ3v) is 13.8. The van der Waals surface area contributed by atoms with E-state index in [1.54, 1.807) is 13.0 Å². The number of morpholine rings is 1. The van der Waals surface area contributed by atoms with E-state index in [2.05, 4.69) is 21.4 Å². The standard InChI is InChI=1S/C37H52ClN3O5S/c1-25-7-6-9-33(26(2)40-17-19-45-20-18-40)34-14-11-30(34)23-41-16-5-4-8-28-21-32(38)13-10-31(28)24-46-36-15-12-29(22-35(36)41)37(42)39-47(43,44)27(25)3/h10,12-13,15,21-22,25-27,30,33-34H,4-9,11,14,16-20,23-24H2,1-3H3,(H,39,42)/t25-,26+,27+,30-,33-,34+/m0/s1. The van der Waals surface area contributed by atoms with Crippen molar-refractivity contribution in [2.45, 2.75) is 90.0 Å². The number of anilines is 1. The minimum atomic E-state index is -3.87. The third-order valence-electron chi connectivity index (χ3n) is 11.7. The molecule has 2 aromatic carbocycles. The molecule has 47 heavy (non-hydrogen) atoms. The van der Waals surface area contributed by atoms with Gasteiger partial charge in [-0.25, -0.2) is 13.1 Å². The SMILES string of the molecule is C[C@H]([C@@H]1CCC[C@H](C)[C@@H](C)S(=O)(=O)NC(=O)c2ccc3c(c2)N(CCCCc2cc(Cl)ccc2CO3)C[C@@H]2CC[C@H]21)N1CCOCC1. The quantitative estimate of drug-likeness (QED) is 0.377. The van der Waals surface area contributed by atoms with Gasteiger partial charge in [0, 0.05) is 42.8 Å². The van der Waals surface area contributed by atoms with Crippen LogP contribution in [-0.4, -0.2) is 69.9 Å². The number of sulfonamides is 1. The van der Waals surface area contributed by atoms with Crippen molar-refractivity contribution in [2.24, 2.45) is 23.7 Å². The largest absolute Gasteiger partial charge is 0.487 e. The summed E-state index contributed by atoms with van der Waals surface area (Å²) < 4.78 is 41.6. The first-order valence-corrected chi connectivity index (χ1v) is 19.7. The lowest BCUT2D eigenvalue weighted by Crippen LogP contribution is -2.51. The Morgan fingerprint density at radius 1 is 0.936 bits per heavy atom. The van der Waals surface area contributed by atoms with E-state index in [0.717, 1.165) is 94.2 Å². The maximum Gasteiger partial charge on any atom is 0.264 e. The van der Waals surface area contributed by atoms with Gasteiger partial charge in [0.25, 0.3) is 5.91 Å². The second kappa shape index (κ2) is 15.1. The first-order chi connectivity index (χ1) is 22.6. The second-order valence-corrected chi connectivity index (χ2v) is 16.9. The minimum absolute atomic E-state index is 0.0706. The number of halogens is 1. The summed E-state index contributed by atoms with van der Waals surface area (Å²) in [6.07, 6.45) is 8.21. The zero-order valence-corrected chi connectivity index (χ0v) is 29.8. The smallest absolute Gasteiger partial charge is 0.264 e. The first-order valence-electron chi connectivity index (χ1n) is 17.8. The molecule has 1 N–H and O–H groups in total. The number of fused-ring (bicyclic) bond motifs is 3. The lowest BCUT2D eigenvalue weighted by molar-refractivity contribution is -0.0219. The van der Waals surface area contributed by atoms with Crippen molar-refractivity contribution in [1.29, 1.82) is 0 Å². The third kappa shape index (κ3) is 7.95. The Morgan fingerprint density at radius 3 is 2.51 bits per heavy atom. The number of hydrogen-bond donors (Lipinski definition) is 1. The van der Waals surface area contributed by atoms with E-state index in [0.29, 0.717) is 41.7 Å². The van der Waals surface area contributed by atoms with E-state index in [4.69, 9.17) is 21.1 Å². The molecule has 258 valence electrons. The van der Waals surface area contributed by atoms with Crippen LogP contribution in [0.25, 0.3) is 0 Å². The number of rotatable bonds is 2. The molecule has 4 aliphatic rings. The van der Waals surface area contributed by atoms with Crippen molar-refractivity contribution in [1.82, 2.24) is 9.62 Å². The van der Waals surface area contributed by atoms with Gasteiger partial charge < -0.3 is 14.4 Å². The van der Waals surface area contributed by atoms with Crippen molar-refractivity contribution < 1.29 is 22.7 Å². The predicted molar refractivity (Wildman–Crippen MR) is 188 cm³/mol. The predicted octanol–water partition coefficient (Wildman–Crippen LogP) is 6.69. The van der Waals surface area contributed by atoms with Gasteiger partial charge >= 0.3 is 0 Å². The van der Waals surface area contributed by atoms with Crippen molar-refractivity contribution in [3.8, 4) is 5.75 Å². The number of carbonyl (C=O) groups is 1. The molecule has 0 spiro atoms. The van der Waals surface area contributed by atoms with Crippen LogP contribution in [0, 0.1) is 23.7 Å². The Hall–Kier alpha value is -2.33. The highest BCUT2D eigenvalue weighted by Gasteiger charge is 2.42. The van der Waals surface area contributed by atoms with Gasteiger partial charge in [-0.3, -0.25) is 9.69 Å². The summed E-state index contributed by atoms with van der Waals surface area (Å²) in [6, 6.07) is 11.8. The van der Waals surface area contributed by atoms with Gasteiger partial charge in [0.15, 0.2) is 0 Å². The molecule has 3 heterocycles. The Morgan fingerprint density at radius 2 is 1.74 bits per heavy atom. The molecule has 0 aromatic heterocycles. The molecule has 0 radical (unpaired) electrons. The maximum atomic E-state index is 13.5. The van der Waals surface area contributed by atoms with E-state index >= 15 is 0 Å². The monoisotopic (exact) mass is 685 g/mol. The van der Waals surface area contributed by atoms with Gasteiger partial charge in [0.1, 0.15) is 12.4 Å². The highest BCUT2D eigenvalue weighted by molar-refractivity contribution is 7.90. The van der Waals surface area contributed by atoms with Crippen LogP contribution in [0.3, 0.4) is 0 Å². The molecule has 1 saturated carbocycles. The summed E-state index contributed by atoms with van der Waals surface area (Å²) in [5.74, 6) is 1.72. The van der Waals surface area contributed by atoms with Crippen LogP contribution in [0.1, 0.15) is 87.2 Å². The fourth-order valence-corrected chi connectivity index (χ4v) is 9.82. The molecule has 3 aliphatic heterocycles. The fraction of sp³-hybridized carbons (Fsp3) is 0.649. The average Bonchev–Trinajstić information content (AvgIpc) is 3.08. The van der Waals surface area contributed by atoms with Crippen LogP contribution < -0.4 is 14.4 Å². The van der Waals surface area contributed by atoms with E-state index < -0.39 is 21.2 Å². The van der Waals surface area contributed by atoms with Gasteiger partial charge in [0.2, 0.25) is 10.0 Å².